The molecule has 0 aromatic heterocycles. The number of likely N-dealkylation sites (tertiary alicyclic amines) is 1. The highest BCUT2D eigenvalue weighted by molar-refractivity contribution is 5.72. The average Bonchev–Trinajstić information content (AvgIpc) is 3.15. The van der Waals surface area contributed by atoms with E-state index in [2.05, 4.69) is 30.2 Å². The minimum absolute atomic E-state index is 0.117. The van der Waals surface area contributed by atoms with Crippen LogP contribution in [0.25, 0.3) is 0 Å². The Bertz CT molecular complexity index is 990. The van der Waals surface area contributed by atoms with Crippen molar-refractivity contribution in [3.63, 3.8) is 0 Å². The number of carbonyl (C=O) groups excluding carboxylic acids is 2. The molecule has 1 fully saturated rings. The third-order valence-corrected chi connectivity index (χ3v) is 8.02. The fourth-order valence-corrected chi connectivity index (χ4v) is 6.58. The van der Waals surface area contributed by atoms with Crippen LogP contribution >= 0.6 is 0 Å². The largest absolute Gasteiger partial charge is 0.482 e. The van der Waals surface area contributed by atoms with Crippen LogP contribution < -0.4 is 9.47 Å². The summed E-state index contributed by atoms with van der Waals surface area (Å²) >= 11 is 0. The van der Waals surface area contributed by atoms with Crippen LogP contribution in [-0.4, -0.2) is 61.9 Å². The average molecular weight is 470 g/mol. The molecule has 7 heteroatoms. The topological polar surface area (TPSA) is 74.3 Å². The summed E-state index contributed by atoms with van der Waals surface area (Å²) in [6, 6.07) is 4.45. The summed E-state index contributed by atoms with van der Waals surface area (Å²) in [5, 5.41) is 0. The quantitative estimate of drug-likeness (QED) is 0.237. The lowest BCUT2D eigenvalue weighted by Gasteiger charge is -2.56. The van der Waals surface area contributed by atoms with Crippen molar-refractivity contribution in [3.05, 3.63) is 35.4 Å². The van der Waals surface area contributed by atoms with Crippen LogP contribution in [0.2, 0.25) is 0 Å². The van der Waals surface area contributed by atoms with E-state index in [4.69, 9.17) is 18.9 Å². The van der Waals surface area contributed by atoms with Gasteiger partial charge in [-0.1, -0.05) is 24.6 Å². The van der Waals surface area contributed by atoms with E-state index in [9.17, 15) is 9.59 Å². The number of piperidine rings is 1. The first kappa shape index (κ1) is 23.4. The first-order chi connectivity index (χ1) is 16.4. The van der Waals surface area contributed by atoms with Gasteiger partial charge in [0.2, 0.25) is 0 Å². The molecule has 0 radical (unpaired) electrons. The maximum absolute atomic E-state index is 11.8. The van der Waals surface area contributed by atoms with E-state index in [-0.39, 0.29) is 29.6 Å². The lowest BCUT2D eigenvalue weighted by Crippen LogP contribution is -2.65. The van der Waals surface area contributed by atoms with E-state index in [1.54, 1.807) is 0 Å². The highest BCUT2D eigenvalue weighted by Gasteiger charge is 2.64. The van der Waals surface area contributed by atoms with Crippen molar-refractivity contribution in [1.29, 1.82) is 0 Å². The smallest absolute Gasteiger partial charge is 0.308 e. The Labute approximate surface area is 201 Å². The van der Waals surface area contributed by atoms with Crippen LogP contribution in [0.15, 0.2) is 24.3 Å². The Morgan fingerprint density at radius 1 is 1.09 bits per heavy atom. The van der Waals surface area contributed by atoms with Gasteiger partial charge in [0.25, 0.3) is 0 Å². The minimum atomic E-state index is -0.333. The summed E-state index contributed by atoms with van der Waals surface area (Å²) in [5.74, 6) is 1.08. The van der Waals surface area contributed by atoms with Gasteiger partial charge < -0.3 is 23.8 Å². The SMILES string of the molecule is CC(=O)OCCCCCCO[C@H]1C=C[C@H]2[C@H]3Cc4ccc(OC(C)=O)c5c4[C@@]2(CCN3C)[C@H]1O5. The predicted octanol–water partition coefficient (Wildman–Crippen LogP) is 3.57. The second kappa shape index (κ2) is 9.34. The Kier molecular flexibility index (Phi) is 6.42. The zero-order valence-electron chi connectivity index (χ0n) is 20.4. The third kappa shape index (κ3) is 3.93. The van der Waals surface area contributed by atoms with Crippen LogP contribution in [0.5, 0.6) is 11.5 Å². The van der Waals surface area contributed by atoms with E-state index >= 15 is 0 Å². The van der Waals surface area contributed by atoms with Crippen LogP contribution in [-0.2, 0) is 30.9 Å². The number of carbonyl (C=O) groups is 2. The van der Waals surface area contributed by atoms with Gasteiger partial charge in [0.15, 0.2) is 11.5 Å². The number of unbranched alkanes of at least 4 members (excludes halogenated alkanes) is 3. The number of benzene rings is 1. The van der Waals surface area contributed by atoms with Crippen molar-refractivity contribution in [2.45, 2.75) is 76.0 Å². The van der Waals surface area contributed by atoms with E-state index < -0.39 is 0 Å². The molecule has 2 bridgehead atoms. The second-order valence-corrected chi connectivity index (χ2v) is 10.1. The van der Waals surface area contributed by atoms with Gasteiger partial charge in [0, 0.05) is 43.4 Å². The molecule has 5 atom stereocenters. The monoisotopic (exact) mass is 469 g/mol. The van der Waals surface area contributed by atoms with E-state index in [0.29, 0.717) is 30.9 Å². The van der Waals surface area contributed by atoms with Gasteiger partial charge in [-0.3, -0.25) is 9.59 Å². The molecule has 1 saturated heterocycles. The van der Waals surface area contributed by atoms with Crippen LogP contribution in [0.4, 0.5) is 0 Å². The van der Waals surface area contributed by atoms with Gasteiger partial charge in [-0.15, -0.1) is 0 Å². The number of ether oxygens (including phenoxy) is 4. The summed E-state index contributed by atoms with van der Waals surface area (Å²) in [5.41, 5.74) is 2.41. The molecule has 7 nitrogen and oxygen atoms in total. The molecule has 2 heterocycles. The van der Waals surface area contributed by atoms with Gasteiger partial charge in [-0.2, -0.15) is 0 Å². The number of esters is 2. The molecule has 1 aromatic carbocycles. The molecule has 34 heavy (non-hydrogen) atoms. The van der Waals surface area contributed by atoms with E-state index in [0.717, 1.165) is 50.8 Å². The highest BCUT2D eigenvalue weighted by Crippen LogP contribution is 2.62. The molecule has 2 aliphatic carbocycles. The Hall–Kier alpha value is -2.38. The summed E-state index contributed by atoms with van der Waals surface area (Å²) in [6.07, 6.45) is 10.2. The number of hydrogen-bond acceptors (Lipinski definition) is 7. The van der Waals surface area contributed by atoms with Gasteiger partial charge in [0.05, 0.1) is 6.61 Å². The van der Waals surface area contributed by atoms with E-state index in [1.807, 2.05) is 6.07 Å². The lowest BCUT2D eigenvalue weighted by atomic mass is 9.53. The van der Waals surface area contributed by atoms with Gasteiger partial charge in [-0.25, -0.2) is 0 Å². The first-order valence-corrected chi connectivity index (χ1v) is 12.6. The number of nitrogens with zero attached hydrogens (tertiary/aromatic N) is 1. The second-order valence-electron chi connectivity index (χ2n) is 10.1. The molecule has 184 valence electrons. The summed E-state index contributed by atoms with van der Waals surface area (Å²) < 4.78 is 23.6. The molecule has 1 spiro atoms. The van der Waals surface area contributed by atoms with Crippen molar-refractivity contribution in [2.24, 2.45) is 5.92 Å². The van der Waals surface area contributed by atoms with Gasteiger partial charge in [-0.05, 0) is 57.3 Å². The molecular formula is C27H35NO6. The summed E-state index contributed by atoms with van der Waals surface area (Å²) in [4.78, 5) is 25.1. The van der Waals surface area contributed by atoms with Gasteiger partial charge in [0.1, 0.15) is 12.2 Å². The molecule has 0 N–H and O–H groups in total. The Balaban J connectivity index is 1.32. The maximum atomic E-state index is 11.8. The maximum Gasteiger partial charge on any atom is 0.308 e. The standard InChI is InChI=1S/C27H35NO6/c1-17(29)31-14-6-4-5-7-15-32-23-11-9-20-21-16-19-8-10-22(33-18(2)30)25-24(19)27(20,26(23)34-25)12-13-28(21)3/h8-11,20-21,23,26H,4-7,12-16H2,1-3H3/t20-,21+,23-,26-,27-/m0/s1. The highest BCUT2D eigenvalue weighted by atomic mass is 16.6. The van der Waals surface area contributed by atoms with E-state index in [1.165, 1.54) is 25.0 Å². The van der Waals surface area contributed by atoms with Crippen molar-refractivity contribution in [2.75, 3.05) is 26.8 Å². The zero-order valence-corrected chi connectivity index (χ0v) is 20.4. The fourth-order valence-electron chi connectivity index (χ4n) is 6.58. The van der Waals surface area contributed by atoms with Crippen LogP contribution in [0.3, 0.4) is 0 Å². The van der Waals surface area contributed by atoms with Crippen molar-refractivity contribution in [3.8, 4) is 11.5 Å². The summed E-state index contributed by atoms with van der Waals surface area (Å²) in [7, 11) is 2.22. The summed E-state index contributed by atoms with van der Waals surface area (Å²) in [6.45, 7) is 5.03. The number of rotatable bonds is 9. The molecule has 0 unspecified atom stereocenters. The normalized spacial score (nSPS) is 30.4. The fraction of sp³-hybridized carbons (Fsp3) is 0.630. The minimum Gasteiger partial charge on any atom is -0.482 e. The van der Waals surface area contributed by atoms with Crippen molar-refractivity contribution in [1.82, 2.24) is 4.90 Å². The zero-order chi connectivity index (χ0) is 23.9. The van der Waals surface area contributed by atoms with Crippen LogP contribution in [0.1, 0.15) is 57.1 Å². The van der Waals surface area contributed by atoms with Gasteiger partial charge >= 0.3 is 11.9 Å². The molecule has 2 aliphatic heterocycles. The molecule has 0 amide bonds. The number of likely N-dealkylation sites (N-methyl/N-ethyl adjacent to an activating group) is 1. The third-order valence-electron chi connectivity index (χ3n) is 8.02. The number of hydrogen-bond donors (Lipinski definition) is 0. The molecule has 1 aromatic rings. The molecule has 0 saturated carbocycles. The van der Waals surface area contributed by atoms with Crippen molar-refractivity contribution >= 4 is 11.9 Å². The van der Waals surface area contributed by atoms with Crippen molar-refractivity contribution < 1.29 is 28.5 Å². The lowest BCUT2D eigenvalue weighted by molar-refractivity contribution is -0.141. The molecule has 5 rings (SSSR count). The molecular weight excluding hydrogens is 434 g/mol. The van der Waals surface area contributed by atoms with Crippen LogP contribution in [0, 0.1) is 5.92 Å². The first-order valence-electron chi connectivity index (χ1n) is 12.6. The predicted molar refractivity (Wildman–Crippen MR) is 126 cm³/mol. The Morgan fingerprint density at radius 3 is 2.65 bits per heavy atom. The molecule has 4 aliphatic rings. The Morgan fingerprint density at radius 2 is 1.88 bits per heavy atom.